The summed E-state index contributed by atoms with van der Waals surface area (Å²) in [5, 5.41) is 34.1. The van der Waals surface area contributed by atoms with Crippen LogP contribution in [0, 0.1) is 11.8 Å². The van der Waals surface area contributed by atoms with E-state index in [0.717, 1.165) is 12.8 Å². The Morgan fingerprint density at radius 3 is 1.86 bits per heavy atom. The number of nitrogens with zero attached hydrogens (tertiary/aromatic N) is 3. The molecule has 0 aromatic rings. The molecule has 2 rings (SSSR count). The van der Waals surface area contributed by atoms with Crippen molar-refractivity contribution in [2.24, 2.45) is 11.8 Å². The van der Waals surface area contributed by atoms with Gasteiger partial charge in [-0.05, 0) is 31.6 Å². The first-order chi connectivity index (χ1) is 10.4. The first-order valence-electron chi connectivity index (χ1n) is 7.35. The predicted octanol–water partition coefficient (Wildman–Crippen LogP) is 0.416. The summed E-state index contributed by atoms with van der Waals surface area (Å²) in [5.74, 6) is 0.134. The van der Waals surface area contributed by atoms with Crippen molar-refractivity contribution in [2.45, 2.75) is 44.8 Å². The first kappa shape index (κ1) is 17.5. The van der Waals surface area contributed by atoms with Crippen LogP contribution in [0.15, 0.2) is 0 Å². The van der Waals surface area contributed by atoms with Gasteiger partial charge in [0.2, 0.25) is 5.91 Å². The molecule has 1 aliphatic carbocycles. The Morgan fingerprint density at radius 1 is 1.00 bits per heavy atom. The third-order valence-corrected chi connectivity index (χ3v) is 4.35. The van der Waals surface area contributed by atoms with Gasteiger partial charge in [-0.3, -0.25) is 25.6 Å². The molecule has 1 saturated carbocycles. The van der Waals surface area contributed by atoms with Crippen molar-refractivity contribution < 1.29 is 35.3 Å². The lowest BCUT2D eigenvalue weighted by molar-refractivity contribution is -0.535. The van der Waals surface area contributed by atoms with Crippen molar-refractivity contribution in [1.82, 2.24) is 15.7 Å². The largest absolute Gasteiger partial charge is 0.342 e. The van der Waals surface area contributed by atoms with Gasteiger partial charge in [0.25, 0.3) is 0 Å². The van der Waals surface area contributed by atoms with Crippen molar-refractivity contribution in [1.29, 1.82) is 0 Å². The molecule has 10 heteroatoms. The number of likely N-dealkylation sites (tertiary alicyclic amines) is 1. The summed E-state index contributed by atoms with van der Waals surface area (Å²) in [7, 11) is 0. The Kier molecular flexibility index (Phi) is 6.06. The van der Waals surface area contributed by atoms with Crippen LogP contribution in [0.1, 0.15) is 32.6 Å². The summed E-state index contributed by atoms with van der Waals surface area (Å²) in [5.41, 5.74) is 0. The summed E-state index contributed by atoms with van der Waals surface area (Å²) >= 11 is 0. The smallest absolute Gasteiger partial charge is 0.225 e. The standard InChI is InChI=1S/C12H23N3O7/c1-8-2-4-13(5-3-8)12(16)9-6-10(21-14(17)18)11(7-9)22-15(19)20/h8-11,17-20H,2-7H2,1H3/t9?,10-,11+. The number of piperidine rings is 1. The molecular formula is C12H23N3O7. The third kappa shape index (κ3) is 4.57. The molecule has 2 fully saturated rings. The molecule has 4 N–H and O–H groups in total. The van der Waals surface area contributed by atoms with Crippen molar-refractivity contribution in [3.63, 3.8) is 0 Å². The van der Waals surface area contributed by atoms with E-state index in [4.69, 9.17) is 30.5 Å². The second kappa shape index (κ2) is 7.62. The van der Waals surface area contributed by atoms with Crippen molar-refractivity contribution in [3.8, 4) is 0 Å². The van der Waals surface area contributed by atoms with E-state index in [1.807, 2.05) is 0 Å². The lowest BCUT2D eigenvalue weighted by Gasteiger charge is -2.32. The number of carbonyl (C=O) groups is 1. The van der Waals surface area contributed by atoms with Gasteiger partial charge >= 0.3 is 0 Å². The van der Waals surface area contributed by atoms with Gasteiger partial charge in [-0.25, -0.2) is 9.68 Å². The van der Waals surface area contributed by atoms with Crippen LogP contribution in [-0.4, -0.2) is 67.7 Å². The second-order valence-corrected chi connectivity index (χ2v) is 5.97. The predicted molar refractivity (Wildman–Crippen MR) is 68.3 cm³/mol. The second-order valence-electron chi connectivity index (χ2n) is 5.97. The van der Waals surface area contributed by atoms with E-state index in [-0.39, 0.29) is 18.7 Å². The molecule has 1 unspecified atom stereocenters. The summed E-state index contributed by atoms with van der Waals surface area (Å²) in [6, 6.07) is 0. The van der Waals surface area contributed by atoms with E-state index in [1.54, 1.807) is 4.90 Å². The molecular weight excluding hydrogens is 298 g/mol. The van der Waals surface area contributed by atoms with Crippen LogP contribution in [-0.2, 0) is 14.5 Å². The van der Waals surface area contributed by atoms with E-state index >= 15 is 0 Å². The molecule has 1 heterocycles. The molecule has 0 spiro atoms. The minimum absolute atomic E-state index is 0.0449. The lowest BCUT2D eigenvalue weighted by Crippen LogP contribution is -2.41. The lowest BCUT2D eigenvalue weighted by atomic mass is 9.97. The van der Waals surface area contributed by atoms with E-state index in [2.05, 4.69) is 6.92 Å². The minimum Gasteiger partial charge on any atom is -0.342 e. The molecule has 10 nitrogen and oxygen atoms in total. The van der Waals surface area contributed by atoms with Gasteiger partial charge in [0.15, 0.2) is 0 Å². The molecule has 0 aromatic carbocycles. The van der Waals surface area contributed by atoms with E-state index in [1.165, 1.54) is 0 Å². The fraction of sp³-hybridized carbons (Fsp3) is 0.917. The van der Waals surface area contributed by atoms with Gasteiger partial charge < -0.3 is 4.90 Å². The number of amides is 1. The summed E-state index contributed by atoms with van der Waals surface area (Å²) in [6.45, 7) is 3.55. The maximum Gasteiger partial charge on any atom is 0.225 e. The monoisotopic (exact) mass is 321 g/mol. The van der Waals surface area contributed by atoms with Gasteiger partial charge in [-0.15, -0.1) is 0 Å². The maximum absolute atomic E-state index is 12.5. The molecule has 1 amide bonds. The van der Waals surface area contributed by atoms with Crippen LogP contribution in [0.2, 0.25) is 0 Å². The molecule has 128 valence electrons. The van der Waals surface area contributed by atoms with Crippen LogP contribution >= 0.6 is 0 Å². The highest BCUT2D eigenvalue weighted by Gasteiger charge is 2.43. The first-order valence-corrected chi connectivity index (χ1v) is 7.35. The highest BCUT2D eigenvalue weighted by molar-refractivity contribution is 5.79. The molecule has 0 aromatic heterocycles. The molecule has 3 atom stereocenters. The fourth-order valence-electron chi connectivity index (χ4n) is 3.11. The molecule has 22 heavy (non-hydrogen) atoms. The SMILES string of the molecule is CC1CCN(C(=O)C2C[C@H](ON(O)O)[C@H](ON(O)O)C2)CC1. The molecule has 0 radical (unpaired) electrons. The average Bonchev–Trinajstić information content (AvgIpc) is 2.80. The van der Waals surface area contributed by atoms with E-state index < -0.39 is 28.9 Å². The number of rotatable bonds is 5. The quantitative estimate of drug-likeness (QED) is 0.533. The van der Waals surface area contributed by atoms with Crippen LogP contribution in [0.5, 0.6) is 0 Å². The van der Waals surface area contributed by atoms with Crippen molar-refractivity contribution >= 4 is 5.91 Å². The Labute approximate surface area is 127 Å². The third-order valence-electron chi connectivity index (χ3n) is 4.35. The van der Waals surface area contributed by atoms with Crippen LogP contribution in [0.4, 0.5) is 0 Å². The van der Waals surface area contributed by atoms with Gasteiger partial charge in [0.05, 0.1) is 10.8 Å². The zero-order valence-electron chi connectivity index (χ0n) is 12.4. The van der Waals surface area contributed by atoms with E-state index in [0.29, 0.717) is 19.0 Å². The Hall–Kier alpha value is -0.850. The summed E-state index contributed by atoms with van der Waals surface area (Å²) in [4.78, 5) is 23.7. The molecule has 2 aliphatic rings. The fourth-order valence-corrected chi connectivity index (χ4v) is 3.11. The van der Waals surface area contributed by atoms with Gasteiger partial charge in [-0.2, -0.15) is 0 Å². The van der Waals surface area contributed by atoms with Crippen LogP contribution in [0.25, 0.3) is 0 Å². The Bertz CT molecular complexity index is 356. The van der Waals surface area contributed by atoms with Crippen molar-refractivity contribution in [3.05, 3.63) is 0 Å². The average molecular weight is 321 g/mol. The van der Waals surface area contributed by atoms with Gasteiger partial charge in [0.1, 0.15) is 12.2 Å². The highest BCUT2D eigenvalue weighted by atomic mass is 17.1. The number of carbonyl (C=O) groups excluding carboxylic acids is 1. The zero-order valence-corrected chi connectivity index (χ0v) is 12.4. The summed E-state index contributed by atoms with van der Waals surface area (Å²) < 4.78 is 0. The molecule has 0 bridgehead atoms. The Balaban J connectivity index is 1.95. The van der Waals surface area contributed by atoms with E-state index in [9.17, 15) is 4.79 Å². The zero-order chi connectivity index (χ0) is 16.3. The molecule has 1 saturated heterocycles. The highest BCUT2D eigenvalue weighted by Crippen LogP contribution is 2.33. The van der Waals surface area contributed by atoms with Crippen LogP contribution in [0.3, 0.4) is 0 Å². The Morgan fingerprint density at radius 2 is 1.45 bits per heavy atom. The van der Waals surface area contributed by atoms with Crippen molar-refractivity contribution in [2.75, 3.05) is 13.1 Å². The van der Waals surface area contributed by atoms with Gasteiger partial charge in [-0.1, -0.05) is 6.92 Å². The minimum atomic E-state index is -0.880. The summed E-state index contributed by atoms with van der Waals surface area (Å²) in [6.07, 6.45) is 0.548. The number of hydrogen-bond acceptors (Lipinski definition) is 9. The normalized spacial score (nSPS) is 30.5. The maximum atomic E-state index is 12.5. The number of hydrogen-bond donors (Lipinski definition) is 4. The molecule has 1 aliphatic heterocycles. The van der Waals surface area contributed by atoms with Crippen LogP contribution < -0.4 is 0 Å². The topological polar surface area (TPSA) is 126 Å². The van der Waals surface area contributed by atoms with Gasteiger partial charge in [0, 0.05) is 19.0 Å².